The van der Waals surface area contributed by atoms with Crippen LogP contribution in [-0.2, 0) is 14.6 Å². The van der Waals surface area contributed by atoms with Gasteiger partial charge in [-0.25, -0.2) is 8.42 Å². The molecular weight excluding hydrogens is 240 g/mol. The Bertz CT molecular complexity index is 357. The topological polar surface area (TPSA) is 66.5 Å². The van der Waals surface area contributed by atoms with Crippen LogP contribution in [0.5, 0.6) is 0 Å². The molecule has 2 unspecified atom stereocenters. The van der Waals surface area contributed by atoms with Gasteiger partial charge in [0.15, 0.2) is 9.84 Å². The van der Waals surface area contributed by atoms with E-state index in [1.807, 2.05) is 0 Å². The van der Waals surface area contributed by atoms with Crippen molar-refractivity contribution in [1.29, 1.82) is 0 Å². The van der Waals surface area contributed by atoms with Crippen molar-refractivity contribution in [2.75, 3.05) is 24.6 Å². The minimum Gasteiger partial charge on any atom is -0.336 e. The lowest BCUT2D eigenvalue weighted by molar-refractivity contribution is -0.132. The van der Waals surface area contributed by atoms with Gasteiger partial charge in [-0.3, -0.25) is 4.79 Å². The van der Waals surface area contributed by atoms with Gasteiger partial charge in [0, 0.05) is 26.1 Å². The molecule has 2 rings (SSSR count). The zero-order valence-electron chi connectivity index (χ0n) is 8.47. The summed E-state index contributed by atoms with van der Waals surface area (Å²) in [5.74, 6) is 0.254. The van der Waals surface area contributed by atoms with Crippen molar-refractivity contribution in [1.82, 2.24) is 10.2 Å². The first-order valence-electron chi connectivity index (χ1n) is 4.70. The molecule has 0 aliphatic carbocycles. The smallest absolute Gasteiger partial charge is 0.219 e. The van der Waals surface area contributed by atoms with Crippen molar-refractivity contribution < 1.29 is 13.2 Å². The summed E-state index contributed by atoms with van der Waals surface area (Å²) < 4.78 is 22.8. The van der Waals surface area contributed by atoms with Crippen molar-refractivity contribution in [2.24, 2.45) is 0 Å². The highest BCUT2D eigenvalue weighted by Gasteiger charge is 2.43. The van der Waals surface area contributed by atoms with Crippen LogP contribution >= 0.6 is 12.4 Å². The molecule has 2 saturated heterocycles. The van der Waals surface area contributed by atoms with Gasteiger partial charge in [0.1, 0.15) is 0 Å². The van der Waals surface area contributed by atoms with Crippen LogP contribution in [0.15, 0.2) is 0 Å². The molecule has 0 radical (unpaired) electrons. The number of nitrogens with zero attached hydrogens (tertiary/aromatic N) is 1. The molecule has 0 saturated carbocycles. The molecule has 2 aliphatic heterocycles. The molecule has 0 aromatic carbocycles. The third-order valence-electron chi connectivity index (χ3n) is 2.89. The van der Waals surface area contributed by atoms with Crippen molar-refractivity contribution in [3.05, 3.63) is 0 Å². The number of carbonyl (C=O) groups excluding carboxylic acids is 1. The van der Waals surface area contributed by atoms with E-state index in [2.05, 4.69) is 5.32 Å². The van der Waals surface area contributed by atoms with Gasteiger partial charge < -0.3 is 10.2 Å². The standard InChI is InChI=1S/C8H14N2O3S.ClH/c1-6(11)10-3-2-9-7-4-14(12,13)5-8(7)10;/h7-9H,2-5H2,1H3;1H. The Labute approximate surface area is 95.5 Å². The number of hydrogen-bond donors (Lipinski definition) is 1. The number of nitrogens with one attached hydrogen (secondary N) is 1. The molecule has 0 aromatic rings. The monoisotopic (exact) mass is 254 g/mol. The third-order valence-corrected chi connectivity index (χ3v) is 4.60. The molecule has 2 heterocycles. The number of sulfone groups is 1. The summed E-state index contributed by atoms with van der Waals surface area (Å²) >= 11 is 0. The Morgan fingerprint density at radius 3 is 2.67 bits per heavy atom. The highest BCUT2D eigenvalue weighted by atomic mass is 35.5. The highest BCUT2D eigenvalue weighted by molar-refractivity contribution is 7.91. The van der Waals surface area contributed by atoms with Gasteiger partial charge in [-0.2, -0.15) is 0 Å². The number of halogens is 1. The molecule has 2 atom stereocenters. The van der Waals surface area contributed by atoms with Crippen LogP contribution in [0, 0.1) is 0 Å². The molecule has 0 aromatic heterocycles. The number of fused-ring (bicyclic) bond motifs is 1. The molecule has 5 nitrogen and oxygen atoms in total. The van der Waals surface area contributed by atoms with E-state index in [1.165, 1.54) is 6.92 Å². The van der Waals surface area contributed by atoms with Gasteiger partial charge in [-0.15, -0.1) is 12.4 Å². The SMILES string of the molecule is CC(=O)N1CCNC2CS(=O)(=O)CC21.Cl. The van der Waals surface area contributed by atoms with E-state index in [9.17, 15) is 13.2 Å². The number of piperazine rings is 1. The fraction of sp³-hybridized carbons (Fsp3) is 0.875. The lowest BCUT2D eigenvalue weighted by Crippen LogP contribution is -2.58. The van der Waals surface area contributed by atoms with E-state index in [4.69, 9.17) is 0 Å². The second kappa shape index (κ2) is 4.27. The molecule has 0 spiro atoms. The summed E-state index contributed by atoms with van der Waals surface area (Å²) in [5.41, 5.74) is 0. The van der Waals surface area contributed by atoms with E-state index in [0.717, 1.165) is 0 Å². The molecule has 2 fully saturated rings. The van der Waals surface area contributed by atoms with Crippen LogP contribution in [0.25, 0.3) is 0 Å². The van der Waals surface area contributed by atoms with Crippen molar-refractivity contribution in [3.63, 3.8) is 0 Å². The summed E-state index contributed by atoms with van der Waals surface area (Å²) in [6.45, 7) is 2.80. The highest BCUT2D eigenvalue weighted by Crippen LogP contribution is 2.21. The van der Waals surface area contributed by atoms with Crippen LogP contribution in [0.4, 0.5) is 0 Å². The molecule has 0 bridgehead atoms. The second-order valence-electron chi connectivity index (χ2n) is 3.92. The van der Waals surface area contributed by atoms with Gasteiger partial charge in [0.05, 0.1) is 17.5 Å². The van der Waals surface area contributed by atoms with Gasteiger partial charge in [0.2, 0.25) is 5.91 Å². The number of amides is 1. The average molecular weight is 255 g/mol. The fourth-order valence-electron chi connectivity index (χ4n) is 2.26. The zero-order chi connectivity index (χ0) is 10.3. The van der Waals surface area contributed by atoms with E-state index < -0.39 is 9.84 Å². The maximum atomic E-state index is 11.4. The Balaban J connectivity index is 0.00000112. The number of hydrogen-bond acceptors (Lipinski definition) is 4. The maximum absolute atomic E-state index is 11.4. The summed E-state index contributed by atoms with van der Waals surface area (Å²) in [4.78, 5) is 12.9. The van der Waals surface area contributed by atoms with Crippen molar-refractivity contribution >= 4 is 28.2 Å². The lowest BCUT2D eigenvalue weighted by Gasteiger charge is -2.36. The van der Waals surface area contributed by atoms with E-state index in [1.54, 1.807) is 4.90 Å². The molecule has 7 heteroatoms. The van der Waals surface area contributed by atoms with Gasteiger partial charge in [0.25, 0.3) is 0 Å². The largest absolute Gasteiger partial charge is 0.336 e. The molecule has 1 N–H and O–H groups in total. The minimum atomic E-state index is -2.95. The predicted molar refractivity (Wildman–Crippen MR) is 58.9 cm³/mol. The molecule has 2 aliphatic rings. The van der Waals surface area contributed by atoms with Crippen LogP contribution in [0.2, 0.25) is 0 Å². The van der Waals surface area contributed by atoms with Gasteiger partial charge in [-0.05, 0) is 0 Å². The first-order chi connectivity index (χ1) is 6.49. The average Bonchev–Trinajstić information content (AvgIpc) is 2.36. The molecule has 88 valence electrons. The van der Waals surface area contributed by atoms with Gasteiger partial charge >= 0.3 is 0 Å². The Hall–Kier alpha value is -0.330. The lowest BCUT2D eigenvalue weighted by atomic mass is 10.1. The van der Waals surface area contributed by atoms with E-state index >= 15 is 0 Å². The zero-order valence-corrected chi connectivity index (χ0v) is 10.1. The normalized spacial score (nSPS) is 33.0. The van der Waals surface area contributed by atoms with Crippen LogP contribution in [-0.4, -0.2) is 55.9 Å². The third kappa shape index (κ3) is 2.43. The van der Waals surface area contributed by atoms with Crippen molar-refractivity contribution in [3.8, 4) is 0 Å². The Morgan fingerprint density at radius 1 is 1.40 bits per heavy atom. The first-order valence-corrected chi connectivity index (χ1v) is 6.53. The summed E-state index contributed by atoms with van der Waals surface area (Å²) in [7, 11) is -2.95. The van der Waals surface area contributed by atoms with Crippen LogP contribution in [0.3, 0.4) is 0 Å². The summed E-state index contributed by atoms with van der Waals surface area (Å²) in [6.07, 6.45) is 0. The summed E-state index contributed by atoms with van der Waals surface area (Å²) in [5, 5.41) is 3.15. The molecule has 1 amide bonds. The molecule has 15 heavy (non-hydrogen) atoms. The summed E-state index contributed by atoms with van der Waals surface area (Å²) in [6, 6.07) is -0.205. The molecular formula is C8H15ClN2O3S. The van der Waals surface area contributed by atoms with Crippen molar-refractivity contribution in [2.45, 2.75) is 19.0 Å². The Kier molecular flexibility index (Phi) is 3.63. The maximum Gasteiger partial charge on any atom is 0.219 e. The quantitative estimate of drug-likeness (QED) is 0.604. The van der Waals surface area contributed by atoms with Gasteiger partial charge in [-0.1, -0.05) is 0 Å². The fourth-order valence-corrected chi connectivity index (χ4v) is 4.21. The van der Waals surface area contributed by atoms with E-state index in [-0.39, 0.29) is 41.9 Å². The number of rotatable bonds is 0. The first kappa shape index (κ1) is 12.7. The van der Waals surface area contributed by atoms with Crippen LogP contribution in [0.1, 0.15) is 6.92 Å². The number of carbonyl (C=O) groups is 1. The second-order valence-corrected chi connectivity index (χ2v) is 6.07. The predicted octanol–water partition coefficient (Wildman–Crippen LogP) is -0.974. The van der Waals surface area contributed by atoms with E-state index in [0.29, 0.717) is 13.1 Å². The Morgan fingerprint density at radius 2 is 2.07 bits per heavy atom. The minimum absolute atomic E-state index is 0. The van der Waals surface area contributed by atoms with Crippen LogP contribution < -0.4 is 5.32 Å².